The van der Waals surface area contributed by atoms with Gasteiger partial charge < -0.3 is 19.9 Å². The molecule has 0 bridgehead atoms. The van der Waals surface area contributed by atoms with Crippen LogP contribution in [0.1, 0.15) is 25.0 Å². The van der Waals surface area contributed by atoms with E-state index >= 15 is 0 Å². The first-order chi connectivity index (χ1) is 14.2. The second-order valence-corrected chi connectivity index (χ2v) is 8.46. The number of urea groups is 1. The molecule has 2 aromatic rings. The third-order valence-corrected chi connectivity index (χ3v) is 5.86. The normalized spacial score (nSPS) is 18.9. The number of carbonyl (C=O) groups excluding carboxylic acids is 1. The Labute approximate surface area is 186 Å². The Kier molecular flexibility index (Phi) is 7.45. The number of amides is 2. The summed E-state index contributed by atoms with van der Waals surface area (Å²) >= 11 is 12.2. The molecule has 5 nitrogen and oxygen atoms in total. The largest absolute Gasteiger partial charge is 0.372 e. The van der Waals surface area contributed by atoms with E-state index in [-0.39, 0.29) is 30.6 Å². The molecule has 162 valence electrons. The second kappa shape index (κ2) is 9.86. The summed E-state index contributed by atoms with van der Waals surface area (Å²) in [6.45, 7) is 5.79. The van der Waals surface area contributed by atoms with Gasteiger partial charge in [-0.1, -0.05) is 41.4 Å². The van der Waals surface area contributed by atoms with Gasteiger partial charge in [0.2, 0.25) is 0 Å². The van der Waals surface area contributed by atoms with E-state index in [1.165, 1.54) is 11.0 Å². The standard InChI is InChI=1S/C22H26Cl2FN3O2/c1-14-11-28(12-15(2)30-14)20-8-7-16(9-19(20)25)10-26-22(29)27(3)13-17-5-4-6-18(23)21(17)24/h4-9,14-15H,10-13H2,1-3H3,(H,26,29). The highest BCUT2D eigenvalue weighted by Crippen LogP contribution is 2.27. The molecule has 0 radical (unpaired) electrons. The third kappa shape index (κ3) is 5.56. The topological polar surface area (TPSA) is 44.8 Å². The minimum absolute atomic E-state index is 0.0515. The molecule has 3 rings (SSSR count). The van der Waals surface area contributed by atoms with Crippen LogP contribution in [0.4, 0.5) is 14.9 Å². The average Bonchev–Trinajstić information content (AvgIpc) is 2.68. The van der Waals surface area contributed by atoms with Gasteiger partial charge in [0.15, 0.2) is 0 Å². The highest BCUT2D eigenvalue weighted by molar-refractivity contribution is 6.42. The molecule has 1 saturated heterocycles. The molecule has 2 atom stereocenters. The van der Waals surface area contributed by atoms with Crippen LogP contribution in [0.2, 0.25) is 10.0 Å². The van der Waals surface area contributed by atoms with Gasteiger partial charge in [0.05, 0.1) is 27.9 Å². The van der Waals surface area contributed by atoms with E-state index in [2.05, 4.69) is 5.32 Å². The van der Waals surface area contributed by atoms with Crippen molar-refractivity contribution in [2.45, 2.75) is 39.1 Å². The Morgan fingerprint density at radius 3 is 2.60 bits per heavy atom. The SMILES string of the molecule is CC1CN(c2ccc(CNC(=O)N(C)Cc3cccc(Cl)c3Cl)cc2F)CC(C)O1. The zero-order chi connectivity index (χ0) is 21.8. The highest BCUT2D eigenvalue weighted by Gasteiger charge is 2.24. The van der Waals surface area contributed by atoms with Crippen LogP contribution in [0.5, 0.6) is 0 Å². The zero-order valence-corrected chi connectivity index (χ0v) is 18.8. The molecule has 0 aliphatic carbocycles. The number of rotatable bonds is 5. The first-order valence-corrected chi connectivity index (χ1v) is 10.6. The molecule has 0 saturated carbocycles. The monoisotopic (exact) mass is 453 g/mol. The van der Waals surface area contributed by atoms with Crippen molar-refractivity contribution in [3.8, 4) is 0 Å². The molecule has 1 fully saturated rings. The van der Waals surface area contributed by atoms with Crippen LogP contribution in [-0.2, 0) is 17.8 Å². The van der Waals surface area contributed by atoms with Crippen molar-refractivity contribution in [1.82, 2.24) is 10.2 Å². The minimum Gasteiger partial charge on any atom is -0.372 e. The quantitative estimate of drug-likeness (QED) is 0.685. The number of ether oxygens (including phenoxy) is 1. The van der Waals surface area contributed by atoms with Crippen LogP contribution in [0, 0.1) is 5.82 Å². The number of carbonyl (C=O) groups is 1. The molecule has 30 heavy (non-hydrogen) atoms. The molecule has 1 heterocycles. The molecule has 1 aliphatic heterocycles. The lowest BCUT2D eigenvalue weighted by Crippen LogP contribution is -2.45. The third-order valence-electron chi connectivity index (χ3n) is 5.00. The molecule has 2 aromatic carbocycles. The van der Waals surface area contributed by atoms with Gasteiger partial charge in [-0.3, -0.25) is 0 Å². The summed E-state index contributed by atoms with van der Waals surface area (Å²) in [5.41, 5.74) is 2.00. The number of morpholine rings is 1. The fourth-order valence-corrected chi connectivity index (χ4v) is 3.98. The van der Waals surface area contributed by atoms with Crippen LogP contribution in [0.15, 0.2) is 36.4 Å². The van der Waals surface area contributed by atoms with Crippen molar-refractivity contribution in [3.63, 3.8) is 0 Å². The molecule has 8 heteroatoms. The summed E-state index contributed by atoms with van der Waals surface area (Å²) in [6, 6.07) is 10.1. The lowest BCUT2D eigenvalue weighted by atomic mass is 10.1. The summed E-state index contributed by atoms with van der Waals surface area (Å²) < 4.78 is 20.4. The van der Waals surface area contributed by atoms with E-state index in [0.29, 0.717) is 40.9 Å². The number of hydrogen-bond donors (Lipinski definition) is 1. The number of anilines is 1. The number of nitrogens with zero attached hydrogens (tertiary/aromatic N) is 2. The van der Waals surface area contributed by atoms with Crippen molar-refractivity contribution in [2.24, 2.45) is 0 Å². The zero-order valence-electron chi connectivity index (χ0n) is 17.3. The summed E-state index contributed by atoms with van der Waals surface area (Å²) in [4.78, 5) is 15.9. The van der Waals surface area contributed by atoms with Crippen LogP contribution in [0.25, 0.3) is 0 Å². The van der Waals surface area contributed by atoms with Gasteiger partial charge in [0.25, 0.3) is 0 Å². The van der Waals surface area contributed by atoms with Crippen molar-refractivity contribution in [3.05, 3.63) is 63.4 Å². The predicted octanol–water partition coefficient (Wildman–Crippen LogP) is 5.09. The van der Waals surface area contributed by atoms with E-state index in [9.17, 15) is 9.18 Å². The van der Waals surface area contributed by atoms with Crippen LogP contribution in [0.3, 0.4) is 0 Å². The van der Waals surface area contributed by atoms with Crippen molar-refractivity contribution in [1.29, 1.82) is 0 Å². The molecular weight excluding hydrogens is 428 g/mol. The van der Waals surface area contributed by atoms with Gasteiger partial charge >= 0.3 is 6.03 Å². The van der Waals surface area contributed by atoms with Gasteiger partial charge in [-0.05, 0) is 43.2 Å². The van der Waals surface area contributed by atoms with Crippen LogP contribution < -0.4 is 10.2 Å². The molecule has 1 aliphatic rings. The second-order valence-electron chi connectivity index (χ2n) is 7.68. The van der Waals surface area contributed by atoms with Gasteiger partial charge in [0, 0.05) is 33.2 Å². The molecule has 2 amide bonds. The van der Waals surface area contributed by atoms with Crippen LogP contribution in [-0.4, -0.2) is 43.3 Å². The first kappa shape index (κ1) is 22.7. The Morgan fingerprint density at radius 2 is 1.93 bits per heavy atom. The predicted molar refractivity (Wildman–Crippen MR) is 119 cm³/mol. The van der Waals surface area contributed by atoms with Crippen LogP contribution >= 0.6 is 23.2 Å². The lowest BCUT2D eigenvalue weighted by molar-refractivity contribution is -0.00539. The molecular formula is C22H26Cl2FN3O2. The Morgan fingerprint density at radius 1 is 1.23 bits per heavy atom. The van der Waals surface area contributed by atoms with E-state index < -0.39 is 0 Å². The highest BCUT2D eigenvalue weighted by atomic mass is 35.5. The fourth-order valence-electron chi connectivity index (χ4n) is 3.60. The Bertz CT molecular complexity index is 902. The van der Waals surface area contributed by atoms with Crippen molar-refractivity contribution < 1.29 is 13.9 Å². The average molecular weight is 454 g/mol. The molecule has 0 aromatic heterocycles. The maximum Gasteiger partial charge on any atom is 0.317 e. The van der Waals surface area contributed by atoms with Crippen molar-refractivity contribution >= 4 is 34.9 Å². The Hall–Kier alpha value is -2.02. The van der Waals surface area contributed by atoms with E-state index in [4.69, 9.17) is 27.9 Å². The first-order valence-electron chi connectivity index (χ1n) is 9.85. The Balaban J connectivity index is 1.58. The van der Waals surface area contributed by atoms with Gasteiger partial charge in [-0.2, -0.15) is 0 Å². The summed E-state index contributed by atoms with van der Waals surface area (Å²) in [5.74, 6) is -0.304. The van der Waals surface area contributed by atoms with E-state index in [1.807, 2.05) is 30.9 Å². The summed E-state index contributed by atoms with van der Waals surface area (Å²) in [6.07, 6.45) is 0.103. The summed E-state index contributed by atoms with van der Waals surface area (Å²) in [7, 11) is 1.66. The van der Waals surface area contributed by atoms with E-state index in [1.54, 1.807) is 25.2 Å². The van der Waals surface area contributed by atoms with Gasteiger partial charge in [0.1, 0.15) is 5.82 Å². The number of benzene rings is 2. The molecule has 0 spiro atoms. The fraction of sp³-hybridized carbons (Fsp3) is 0.409. The van der Waals surface area contributed by atoms with Gasteiger partial charge in [-0.15, -0.1) is 0 Å². The smallest absolute Gasteiger partial charge is 0.317 e. The number of hydrogen-bond acceptors (Lipinski definition) is 3. The van der Waals surface area contributed by atoms with E-state index in [0.717, 1.165) is 5.56 Å². The summed E-state index contributed by atoms with van der Waals surface area (Å²) in [5, 5.41) is 3.68. The minimum atomic E-state index is -0.304. The number of halogens is 3. The van der Waals surface area contributed by atoms with Crippen molar-refractivity contribution in [2.75, 3.05) is 25.0 Å². The maximum absolute atomic E-state index is 14.7. The molecule has 2 unspecified atom stereocenters. The maximum atomic E-state index is 14.7. The molecule has 1 N–H and O–H groups in total. The lowest BCUT2D eigenvalue weighted by Gasteiger charge is -2.37. The van der Waals surface area contributed by atoms with Gasteiger partial charge in [-0.25, -0.2) is 9.18 Å². The number of nitrogens with one attached hydrogen (secondary N) is 1.